The van der Waals surface area contributed by atoms with Crippen LogP contribution in [-0.4, -0.2) is 37.1 Å². The molecular formula is C26H36N2O2. The molecule has 8 saturated carbocycles. The summed E-state index contributed by atoms with van der Waals surface area (Å²) in [5.41, 5.74) is 0.574. The molecule has 8 bridgehead atoms. The van der Waals surface area contributed by atoms with Crippen LogP contribution < -0.4 is 0 Å². The van der Waals surface area contributed by atoms with Crippen molar-refractivity contribution in [2.45, 2.75) is 89.1 Å². The van der Waals surface area contributed by atoms with Gasteiger partial charge in [-0.2, -0.15) is 0 Å². The predicted molar refractivity (Wildman–Crippen MR) is 116 cm³/mol. The first kappa shape index (κ1) is 17.5. The van der Waals surface area contributed by atoms with Gasteiger partial charge in [0, 0.05) is 10.8 Å². The standard InChI is InChI=1S/C26H36N2O2/c1-15-2-17-3-16(1)8-25(7-15,9-17)23-27-21(13-29-23)22-14-30-24(28-22)26-10-18-4-19(11-26)6-20(5-18)12-26/h15-22H,1-14H2/t15?,16?,17?,18?,19?,20?,21-,22-,25?,26?/m1/s1. The van der Waals surface area contributed by atoms with Crippen LogP contribution >= 0.6 is 0 Å². The predicted octanol–water partition coefficient (Wildman–Crippen LogP) is 5.01. The molecule has 10 aliphatic rings. The summed E-state index contributed by atoms with van der Waals surface area (Å²) in [6.45, 7) is 1.48. The monoisotopic (exact) mass is 408 g/mol. The van der Waals surface area contributed by atoms with E-state index in [0.717, 1.165) is 60.5 Å². The lowest BCUT2D eigenvalue weighted by Crippen LogP contribution is -2.50. The molecule has 2 heterocycles. The molecule has 0 amide bonds. The second-order valence-electron chi connectivity index (χ2n) is 13.0. The van der Waals surface area contributed by atoms with Crippen LogP contribution in [0.25, 0.3) is 0 Å². The Hall–Kier alpha value is -1.06. The highest BCUT2D eigenvalue weighted by Crippen LogP contribution is 2.62. The number of hydrogen-bond acceptors (Lipinski definition) is 4. The van der Waals surface area contributed by atoms with Crippen molar-refractivity contribution in [1.29, 1.82) is 0 Å². The molecule has 4 heteroatoms. The first-order valence-corrected chi connectivity index (χ1v) is 13.1. The highest BCUT2D eigenvalue weighted by Gasteiger charge is 2.57. The minimum Gasteiger partial charge on any atom is -0.478 e. The topological polar surface area (TPSA) is 43.2 Å². The molecule has 0 aromatic rings. The van der Waals surface area contributed by atoms with E-state index in [-0.39, 0.29) is 22.9 Å². The van der Waals surface area contributed by atoms with Gasteiger partial charge in [0.1, 0.15) is 25.3 Å². The van der Waals surface area contributed by atoms with Crippen LogP contribution in [0, 0.1) is 46.3 Å². The number of nitrogens with zero attached hydrogens (tertiary/aromatic N) is 2. The fourth-order valence-corrected chi connectivity index (χ4v) is 10.5. The number of rotatable bonds is 3. The van der Waals surface area contributed by atoms with Crippen molar-refractivity contribution in [3.05, 3.63) is 0 Å². The molecule has 8 aliphatic carbocycles. The summed E-state index contributed by atoms with van der Waals surface area (Å²) in [6, 6.07) is 0.388. The second kappa shape index (κ2) is 5.84. The molecule has 0 aromatic heterocycles. The minimum absolute atomic E-state index is 0.194. The largest absolute Gasteiger partial charge is 0.478 e. The van der Waals surface area contributed by atoms with E-state index in [1.807, 2.05) is 0 Å². The van der Waals surface area contributed by atoms with Crippen molar-refractivity contribution in [2.24, 2.45) is 56.3 Å². The van der Waals surface area contributed by atoms with E-state index in [9.17, 15) is 0 Å². The summed E-state index contributed by atoms with van der Waals surface area (Å²) >= 11 is 0. The summed E-state index contributed by atoms with van der Waals surface area (Å²) in [6.07, 6.45) is 16.9. The molecule has 2 atom stereocenters. The lowest BCUT2D eigenvalue weighted by Gasteiger charge is -2.56. The molecule has 162 valence electrons. The number of aliphatic imine (C=N–C) groups is 2. The first-order chi connectivity index (χ1) is 14.6. The van der Waals surface area contributed by atoms with E-state index in [0.29, 0.717) is 0 Å². The van der Waals surface area contributed by atoms with Crippen LogP contribution in [0.2, 0.25) is 0 Å². The molecular weight excluding hydrogens is 372 g/mol. The average molecular weight is 409 g/mol. The van der Waals surface area contributed by atoms with Crippen LogP contribution in [0.4, 0.5) is 0 Å². The van der Waals surface area contributed by atoms with Crippen molar-refractivity contribution in [1.82, 2.24) is 0 Å². The summed E-state index contributed by atoms with van der Waals surface area (Å²) in [7, 11) is 0. The van der Waals surface area contributed by atoms with Gasteiger partial charge in [-0.05, 0) is 113 Å². The van der Waals surface area contributed by atoms with Crippen LogP contribution in [0.15, 0.2) is 9.98 Å². The summed E-state index contributed by atoms with van der Waals surface area (Å²) in [4.78, 5) is 10.5. The molecule has 4 nitrogen and oxygen atoms in total. The van der Waals surface area contributed by atoms with E-state index in [2.05, 4.69) is 0 Å². The molecule has 8 fully saturated rings. The molecule has 0 aromatic carbocycles. The molecule has 30 heavy (non-hydrogen) atoms. The van der Waals surface area contributed by atoms with Crippen LogP contribution in [0.1, 0.15) is 77.0 Å². The molecule has 0 spiro atoms. The van der Waals surface area contributed by atoms with E-state index in [4.69, 9.17) is 19.5 Å². The van der Waals surface area contributed by atoms with Gasteiger partial charge in [0.05, 0.1) is 0 Å². The van der Waals surface area contributed by atoms with Crippen molar-refractivity contribution in [2.75, 3.05) is 13.2 Å². The van der Waals surface area contributed by atoms with Gasteiger partial charge in [0.25, 0.3) is 0 Å². The van der Waals surface area contributed by atoms with Gasteiger partial charge in [0.15, 0.2) is 11.8 Å². The van der Waals surface area contributed by atoms with Gasteiger partial charge in [-0.15, -0.1) is 0 Å². The molecule has 0 unspecified atom stereocenters. The van der Waals surface area contributed by atoms with Gasteiger partial charge in [-0.3, -0.25) is 0 Å². The zero-order valence-electron chi connectivity index (χ0n) is 18.2. The lowest BCUT2D eigenvalue weighted by atomic mass is 9.49. The Balaban J connectivity index is 1.04. The maximum absolute atomic E-state index is 6.37. The molecule has 10 rings (SSSR count). The van der Waals surface area contributed by atoms with Gasteiger partial charge in [0.2, 0.25) is 0 Å². The van der Waals surface area contributed by atoms with E-state index in [1.54, 1.807) is 0 Å². The van der Waals surface area contributed by atoms with E-state index < -0.39 is 0 Å². The Bertz CT molecular complexity index is 690. The SMILES string of the molecule is C1C2CC3CC1CC(C1=N[C@@H]([C@H]4COC(C56CC7CC(CC(C7)C5)C6)=N4)CO1)(C2)C3. The van der Waals surface area contributed by atoms with Crippen molar-refractivity contribution >= 4 is 11.8 Å². The smallest absolute Gasteiger partial charge is 0.190 e. The summed E-state index contributed by atoms with van der Waals surface area (Å²) in [5, 5.41) is 0. The van der Waals surface area contributed by atoms with Gasteiger partial charge in [-0.25, -0.2) is 9.98 Å². The Morgan fingerprint density at radius 2 is 0.800 bits per heavy atom. The maximum Gasteiger partial charge on any atom is 0.190 e. The zero-order valence-corrected chi connectivity index (χ0v) is 18.2. The zero-order chi connectivity index (χ0) is 19.5. The van der Waals surface area contributed by atoms with Crippen molar-refractivity contribution in [3.8, 4) is 0 Å². The summed E-state index contributed by atoms with van der Waals surface area (Å²) < 4.78 is 12.7. The van der Waals surface area contributed by atoms with Crippen molar-refractivity contribution in [3.63, 3.8) is 0 Å². The molecule has 2 aliphatic heterocycles. The Kier molecular flexibility index (Phi) is 3.40. The Morgan fingerprint density at radius 1 is 0.500 bits per heavy atom. The molecule has 0 saturated heterocycles. The van der Waals surface area contributed by atoms with E-state index in [1.165, 1.54) is 77.0 Å². The van der Waals surface area contributed by atoms with Crippen LogP contribution in [0.3, 0.4) is 0 Å². The van der Waals surface area contributed by atoms with Gasteiger partial charge >= 0.3 is 0 Å². The second-order valence-corrected chi connectivity index (χ2v) is 13.0. The Labute approximate surface area is 180 Å². The maximum atomic E-state index is 6.37. The van der Waals surface area contributed by atoms with Crippen molar-refractivity contribution < 1.29 is 9.47 Å². The lowest BCUT2D eigenvalue weighted by molar-refractivity contribution is -0.0229. The first-order valence-electron chi connectivity index (χ1n) is 13.1. The highest BCUT2D eigenvalue weighted by atomic mass is 16.5. The number of ether oxygens (including phenoxy) is 2. The quantitative estimate of drug-likeness (QED) is 0.658. The number of hydrogen-bond donors (Lipinski definition) is 0. The molecule has 0 radical (unpaired) electrons. The Morgan fingerprint density at radius 3 is 1.10 bits per heavy atom. The normalized spacial score (nSPS) is 57.3. The minimum atomic E-state index is 0.194. The van der Waals surface area contributed by atoms with Gasteiger partial charge in [-0.1, -0.05) is 0 Å². The highest BCUT2D eigenvalue weighted by molar-refractivity contribution is 5.86. The van der Waals surface area contributed by atoms with Crippen LogP contribution in [0.5, 0.6) is 0 Å². The third-order valence-electron chi connectivity index (χ3n) is 10.8. The van der Waals surface area contributed by atoms with E-state index >= 15 is 0 Å². The average Bonchev–Trinajstić information content (AvgIpc) is 3.36. The fraction of sp³-hybridized carbons (Fsp3) is 0.923. The molecule has 0 N–H and O–H groups in total. The van der Waals surface area contributed by atoms with Gasteiger partial charge < -0.3 is 9.47 Å². The third kappa shape index (κ3) is 2.40. The fourth-order valence-electron chi connectivity index (χ4n) is 10.5. The third-order valence-corrected chi connectivity index (χ3v) is 10.8. The van der Waals surface area contributed by atoms with Crippen LogP contribution in [-0.2, 0) is 9.47 Å². The summed E-state index contributed by atoms with van der Waals surface area (Å²) in [5.74, 6) is 7.91.